The predicted molar refractivity (Wildman–Crippen MR) is 115 cm³/mol. The van der Waals surface area contributed by atoms with Gasteiger partial charge in [-0.05, 0) is 33.8 Å². The van der Waals surface area contributed by atoms with E-state index in [0.29, 0.717) is 0 Å². The minimum atomic E-state index is -4.24. The summed E-state index contributed by atoms with van der Waals surface area (Å²) < 4.78 is 32.9. The zero-order valence-corrected chi connectivity index (χ0v) is 18.6. The van der Waals surface area contributed by atoms with E-state index < -0.39 is 43.3 Å². The van der Waals surface area contributed by atoms with E-state index in [1.807, 2.05) is 0 Å². The average Bonchev–Trinajstić information content (AvgIpc) is 2.64. The van der Waals surface area contributed by atoms with Crippen LogP contribution in [0, 0.1) is 10.1 Å². The first-order valence-corrected chi connectivity index (χ1v) is 10.7. The van der Waals surface area contributed by atoms with Crippen LogP contribution in [0.4, 0.5) is 10.5 Å². The summed E-state index contributed by atoms with van der Waals surface area (Å²) >= 11 is 0. The number of hydrogen-bond acceptors (Lipinski definition) is 6. The summed E-state index contributed by atoms with van der Waals surface area (Å²) in [6.07, 6.45) is 2.27. The molecule has 0 bridgehead atoms. The Morgan fingerprint density at radius 1 is 1.23 bits per heavy atom. The summed E-state index contributed by atoms with van der Waals surface area (Å²) in [4.78, 5) is 24.0. The average molecular weight is 440 g/mol. The van der Waals surface area contributed by atoms with Crippen LogP contribution >= 0.6 is 0 Å². The molecule has 1 aromatic carbocycles. The Kier molecular flexibility index (Phi) is 8.74. The molecule has 1 atom stereocenters. The molecule has 0 heterocycles. The summed E-state index contributed by atoms with van der Waals surface area (Å²) in [5.41, 5.74) is -1.24. The van der Waals surface area contributed by atoms with E-state index in [1.165, 1.54) is 35.3 Å². The third-order valence-electron chi connectivity index (χ3n) is 3.94. The molecule has 166 valence electrons. The number of nitro groups is 1. The zero-order valence-electron chi connectivity index (χ0n) is 17.8. The summed E-state index contributed by atoms with van der Waals surface area (Å²) in [5.74, 6) is 0. The van der Waals surface area contributed by atoms with E-state index >= 15 is 0 Å². The first-order valence-electron chi connectivity index (χ1n) is 9.30. The molecule has 0 spiro atoms. The summed E-state index contributed by atoms with van der Waals surface area (Å²) in [6.45, 7) is 14.0. The number of sulfonamides is 1. The molecule has 0 radical (unpaired) electrons. The largest absolute Gasteiger partial charge is 0.444 e. The van der Waals surface area contributed by atoms with Crippen molar-refractivity contribution in [3.05, 3.63) is 59.7 Å². The Labute approximate surface area is 177 Å². The van der Waals surface area contributed by atoms with E-state index in [2.05, 4.69) is 13.2 Å². The summed E-state index contributed by atoms with van der Waals surface area (Å²) in [5, 5.41) is 11.3. The number of rotatable bonds is 10. The van der Waals surface area contributed by atoms with Gasteiger partial charge in [0.15, 0.2) is 4.90 Å². The molecular weight excluding hydrogens is 410 g/mol. The van der Waals surface area contributed by atoms with Crippen molar-refractivity contribution in [3.63, 3.8) is 0 Å². The van der Waals surface area contributed by atoms with Gasteiger partial charge in [-0.1, -0.05) is 24.3 Å². The molecule has 0 aliphatic heterocycles. The third kappa shape index (κ3) is 6.67. The van der Waals surface area contributed by atoms with Gasteiger partial charge in [0.2, 0.25) is 10.0 Å². The monoisotopic (exact) mass is 439 g/mol. The molecule has 0 aromatic heterocycles. The number of ether oxygens (including phenoxy) is 1. The Morgan fingerprint density at radius 3 is 2.30 bits per heavy atom. The fourth-order valence-corrected chi connectivity index (χ4v) is 4.46. The van der Waals surface area contributed by atoms with E-state index in [0.717, 1.165) is 10.4 Å². The number of carbonyl (C=O) groups excluding carboxylic acids is 1. The highest BCUT2D eigenvalue weighted by Crippen LogP contribution is 2.27. The molecule has 0 saturated carbocycles. The highest BCUT2D eigenvalue weighted by molar-refractivity contribution is 7.89. The van der Waals surface area contributed by atoms with Crippen molar-refractivity contribution in [3.8, 4) is 0 Å². The second-order valence-electron chi connectivity index (χ2n) is 7.61. The van der Waals surface area contributed by atoms with Gasteiger partial charge in [-0.15, -0.1) is 13.2 Å². The van der Waals surface area contributed by atoms with Gasteiger partial charge >= 0.3 is 6.09 Å². The predicted octanol–water partition coefficient (Wildman–Crippen LogP) is 3.58. The highest BCUT2D eigenvalue weighted by atomic mass is 32.2. The summed E-state index contributed by atoms with van der Waals surface area (Å²) in [7, 11) is -4.24. The second kappa shape index (κ2) is 10.4. The van der Waals surface area contributed by atoms with Crippen LogP contribution < -0.4 is 0 Å². The molecule has 0 unspecified atom stereocenters. The SMILES string of the molecule is C=CCN(C[C@@H](C)N(CC=C)S(=O)(=O)c1ccccc1[N+](=O)[O-])C(=O)OC(C)(C)C. The molecule has 1 amide bonds. The fourth-order valence-electron chi connectivity index (χ4n) is 2.71. The minimum Gasteiger partial charge on any atom is -0.444 e. The lowest BCUT2D eigenvalue weighted by Crippen LogP contribution is -2.48. The molecular formula is C20H29N3O6S. The second-order valence-corrected chi connectivity index (χ2v) is 9.47. The smallest absolute Gasteiger partial charge is 0.410 e. The van der Waals surface area contributed by atoms with Gasteiger partial charge in [-0.25, -0.2) is 13.2 Å². The van der Waals surface area contributed by atoms with Crippen LogP contribution in [0.15, 0.2) is 54.5 Å². The molecule has 0 fully saturated rings. The number of benzene rings is 1. The van der Waals surface area contributed by atoms with Crippen molar-refractivity contribution < 1.29 is 22.9 Å². The summed E-state index contributed by atoms with van der Waals surface area (Å²) in [6, 6.07) is 4.41. The van der Waals surface area contributed by atoms with E-state index in [4.69, 9.17) is 4.74 Å². The minimum absolute atomic E-state index is 0.00532. The van der Waals surface area contributed by atoms with Crippen LogP contribution in [0.1, 0.15) is 27.7 Å². The first kappa shape index (κ1) is 25.3. The van der Waals surface area contributed by atoms with E-state index in [-0.39, 0.29) is 19.6 Å². The normalized spacial score (nSPS) is 12.8. The molecule has 0 aliphatic rings. The number of para-hydroxylation sites is 1. The van der Waals surface area contributed by atoms with Crippen molar-refractivity contribution in [1.29, 1.82) is 0 Å². The molecule has 0 aliphatic carbocycles. The van der Waals surface area contributed by atoms with Gasteiger partial charge in [0.05, 0.1) is 4.92 Å². The van der Waals surface area contributed by atoms with Crippen LogP contribution in [0.3, 0.4) is 0 Å². The van der Waals surface area contributed by atoms with Crippen molar-refractivity contribution in [2.45, 2.75) is 44.2 Å². The standard InChI is InChI=1S/C20H29N3O6S/c1-7-13-21(19(24)29-20(4,5)6)15-16(3)22(14-8-2)30(27,28)18-12-10-9-11-17(18)23(25)26/h7-12,16H,1-2,13-15H2,3-6H3/t16-/m1/s1. The number of nitrogens with zero attached hydrogens (tertiary/aromatic N) is 3. The van der Waals surface area contributed by atoms with E-state index in [1.54, 1.807) is 27.7 Å². The lowest BCUT2D eigenvalue weighted by atomic mass is 10.2. The number of nitro benzene ring substituents is 1. The third-order valence-corrected chi connectivity index (χ3v) is 5.96. The van der Waals surface area contributed by atoms with Crippen LogP contribution in [0.25, 0.3) is 0 Å². The van der Waals surface area contributed by atoms with E-state index in [9.17, 15) is 23.3 Å². The maximum atomic E-state index is 13.2. The number of hydrogen-bond donors (Lipinski definition) is 0. The maximum Gasteiger partial charge on any atom is 0.410 e. The quantitative estimate of drug-likeness (QED) is 0.313. The van der Waals surface area contributed by atoms with Crippen molar-refractivity contribution in [2.75, 3.05) is 19.6 Å². The Balaban J connectivity index is 3.27. The van der Waals surface area contributed by atoms with Gasteiger partial charge in [-0.2, -0.15) is 4.31 Å². The zero-order chi connectivity index (χ0) is 23.1. The molecule has 0 saturated heterocycles. The van der Waals surface area contributed by atoms with Crippen molar-refractivity contribution in [2.24, 2.45) is 0 Å². The van der Waals surface area contributed by atoms with Crippen LogP contribution in [-0.2, 0) is 14.8 Å². The molecule has 0 N–H and O–H groups in total. The molecule has 1 aromatic rings. The lowest BCUT2D eigenvalue weighted by molar-refractivity contribution is -0.387. The number of carbonyl (C=O) groups is 1. The molecule has 10 heteroatoms. The van der Waals surface area contributed by atoms with Crippen molar-refractivity contribution >= 4 is 21.8 Å². The van der Waals surface area contributed by atoms with Crippen LogP contribution in [-0.4, -0.2) is 59.9 Å². The van der Waals surface area contributed by atoms with Crippen molar-refractivity contribution in [1.82, 2.24) is 9.21 Å². The Hall–Kier alpha value is -2.72. The Bertz CT molecular complexity index is 892. The molecule has 30 heavy (non-hydrogen) atoms. The van der Waals surface area contributed by atoms with Crippen LogP contribution in [0.5, 0.6) is 0 Å². The maximum absolute atomic E-state index is 13.2. The van der Waals surface area contributed by atoms with Gasteiger partial charge in [0.25, 0.3) is 5.69 Å². The fraction of sp³-hybridized carbons (Fsp3) is 0.450. The first-order chi connectivity index (χ1) is 13.8. The molecule has 9 nitrogen and oxygen atoms in total. The van der Waals surface area contributed by atoms with Crippen LogP contribution in [0.2, 0.25) is 0 Å². The van der Waals surface area contributed by atoms with Gasteiger partial charge in [0.1, 0.15) is 5.60 Å². The Morgan fingerprint density at radius 2 is 1.80 bits per heavy atom. The highest BCUT2D eigenvalue weighted by Gasteiger charge is 2.35. The molecule has 1 rings (SSSR count). The van der Waals surface area contributed by atoms with Gasteiger partial charge in [0, 0.05) is 31.7 Å². The van der Waals surface area contributed by atoms with Gasteiger partial charge < -0.3 is 9.64 Å². The van der Waals surface area contributed by atoms with Gasteiger partial charge in [-0.3, -0.25) is 10.1 Å². The number of amides is 1. The topological polar surface area (TPSA) is 110 Å². The lowest BCUT2D eigenvalue weighted by Gasteiger charge is -2.33.